The summed E-state index contributed by atoms with van der Waals surface area (Å²) in [6, 6.07) is 2.32. The van der Waals surface area contributed by atoms with E-state index >= 15 is 0 Å². The number of halogens is 3. The largest absolute Gasteiger partial charge is 0.471 e. The van der Waals surface area contributed by atoms with Gasteiger partial charge >= 0.3 is 12.1 Å². The molecule has 0 aliphatic carbocycles. The van der Waals surface area contributed by atoms with Gasteiger partial charge in [0, 0.05) is 6.07 Å². The summed E-state index contributed by atoms with van der Waals surface area (Å²) >= 11 is 0. The van der Waals surface area contributed by atoms with Crippen LogP contribution in [0, 0.1) is 0 Å². The van der Waals surface area contributed by atoms with Crippen molar-refractivity contribution in [1.29, 1.82) is 0 Å². The molecule has 1 amide bonds. The van der Waals surface area contributed by atoms with E-state index in [-0.39, 0.29) is 5.69 Å². The second kappa shape index (κ2) is 4.11. The predicted octanol–water partition coefficient (Wildman–Crippen LogP) is -0.0516. The molecule has 0 saturated heterocycles. The molecular formula is C7H6F3N3O2. The number of hydrogen-bond acceptors (Lipinski definition) is 3. The number of carbonyl (C=O) groups excluding carboxylic acids is 1. The van der Waals surface area contributed by atoms with Crippen LogP contribution in [0.15, 0.2) is 16.9 Å². The van der Waals surface area contributed by atoms with Crippen LogP contribution in [0.5, 0.6) is 0 Å². The molecule has 1 aromatic heterocycles. The molecule has 0 unspecified atom stereocenters. The SMILES string of the molecule is O=C(NCc1ccc(=O)[nH]n1)C(F)(F)F. The Hall–Kier alpha value is -1.86. The van der Waals surface area contributed by atoms with E-state index in [2.05, 4.69) is 5.10 Å². The Morgan fingerprint density at radius 3 is 2.60 bits per heavy atom. The predicted molar refractivity (Wildman–Crippen MR) is 42.8 cm³/mol. The molecule has 0 fully saturated rings. The molecule has 0 radical (unpaired) electrons. The van der Waals surface area contributed by atoms with Crippen molar-refractivity contribution >= 4 is 5.91 Å². The number of hydrogen-bond donors (Lipinski definition) is 2. The van der Waals surface area contributed by atoms with Crippen LogP contribution in [-0.2, 0) is 11.3 Å². The van der Waals surface area contributed by atoms with Crippen molar-refractivity contribution in [1.82, 2.24) is 15.5 Å². The second-order valence-electron chi connectivity index (χ2n) is 2.59. The highest BCUT2D eigenvalue weighted by Gasteiger charge is 2.38. The zero-order valence-corrected chi connectivity index (χ0v) is 7.26. The van der Waals surface area contributed by atoms with Gasteiger partial charge in [-0.2, -0.15) is 18.3 Å². The van der Waals surface area contributed by atoms with Gasteiger partial charge in [-0.05, 0) is 6.07 Å². The molecule has 1 aromatic rings. The van der Waals surface area contributed by atoms with Gasteiger partial charge in [0.1, 0.15) is 0 Å². The van der Waals surface area contributed by atoms with E-state index in [1.165, 1.54) is 6.07 Å². The number of aromatic nitrogens is 2. The van der Waals surface area contributed by atoms with Crippen molar-refractivity contribution in [3.63, 3.8) is 0 Å². The summed E-state index contributed by atoms with van der Waals surface area (Å²) in [4.78, 5) is 20.9. The van der Waals surface area contributed by atoms with Crippen LogP contribution < -0.4 is 10.9 Å². The molecule has 0 aromatic carbocycles. The van der Waals surface area contributed by atoms with Gasteiger partial charge in [0.15, 0.2) is 0 Å². The van der Waals surface area contributed by atoms with Crippen LogP contribution in [-0.4, -0.2) is 22.3 Å². The van der Waals surface area contributed by atoms with Crippen molar-refractivity contribution < 1.29 is 18.0 Å². The molecular weight excluding hydrogens is 215 g/mol. The van der Waals surface area contributed by atoms with Crippen LogP contribution in [0.4, 0.5) is 13.2 Å². The Labute approximate surface area is 81.3 Å². The topological polar surface area (TPSA) is 74.8 Å². The third kappa shape index (κ3) is 3.41. The molecule has 0 atom stereocenters. The van der Waals surface area contributed by atoms with Crippen LogP contribution in [0.2, 0.25) is 0 Å². The lowest BCUT2D eigenvalue weighted by atomic mass is 10.4. The van der Waals surface area contributed by atoms with E-state index in [4.69, 9.17) is 0 Å². The Balaban J connectivity index is 2.55. The standard InChI is InChI=1S/C7H6F3N3O2/c8-7(9,10)6(15)11-3-4-1-2-5(14)13-12-4/h1-2H,3H2,(H,11,15)(H,13,14). The number of rotatable bonds is 2. The maximum absolute atomic E-state index is 11.7. The first-order valence-corrected chi connectivity index (χ1v) is 3.79. The third-order valence-electron chi connectivity index (χ3n) is 1.42. The minimum absolute atomic E-state index is 0.132. The molecule has 2 N–H and O–H groups in total. The van der Waals surface area contributed by atoms with Crippen molar-refractivity contribution in [3.8, 4) is 0 Å². The van der Waals surface area contributed by atoms with Gasteiger partial charge < -0.3 is 5.32 Å². The molecule has 0 bridgehead atoms. The fourth-order valence-electron chi connectivity index (χ4n) is 0.743. The van der Waals surface area contributed by atoms with E-state index in [9.17, 15) is 22.8 Å². The van der Waals surface area contributed by atoms with Crippen LogP contribution in [0.1, 0.15) is 5.69 Å². The summed E-state index contributed by atoms with van der Waals surface area (Å²) in [5.74, 6) is -2.05. The summed E-state index contributed by atoms with van der Waals surface area (Å²) in [6.07, 6.45) is -4.91. The maximum atomic E-state index is 11.7. The number of carbonyl (C=O) groups is 1. The minimum atomic E-state index is -4.91. The van der Waals surface area contributed by atoms with E-state index in [0.29, 0.717) is 0 Å². The monoisotopic (exact) mass is 221 g/mol. The van der Waals surface area contributed by atoms with Gasteiger partial charge in [-0.1, -0.05) is 0 Å². The lowest BCUT2D eigenvalue weighted by Crippen LogP contribution is -2.36. The molecule has 0 spiro atoms. The maximum Gasteiger partial charge on any atom is 0.471 e. The molecule has 5 nitrogen and oxygen atoms in total. The molecule has 1 rings (SSSR count). The van der Waals surface area contributed by atoms with E-state index in [0.717, 1.165) is 6.07 Å². The number of alkyl halides is 3. The molecule has 8 heteroatoms. The number of H-pyrrole nitrogens is 1. The molecule has 0 aliphatic rings. The summed E-state index contributed by atoms with van der Waals surface area (Å²) < 4.78 is 35.2. The molecule has 0 aliphatic heterocycles. The fraction of sp³-hybridized carbons (Fsp3) is 0.286. The lowest BCUT2D eigenvalue weighted by molar-refractivity contribution is -0.173. The first-order chi connectivity index (χ1) is 6.89. The average Bonchev–Trinajstić information content (AvgIpc) is 2.15. The Morgan fingerprint density at radius 1 is 1.47 bits per heavy atom. The molecule has 1 heterocycles. The van der Waals surface area contributed by atoms with Gasteiger partial charge in [0.2, 0.25) is 0 Å². The molecule has 82 valence electrons. The van der Waals surface area contributed by atoms with Gasteiger partial charge in [0.25, 0.3) is 5.56 Å². The summed E-state index contributed by atoms with van der Waals surface area (Å²) in [5.41, 5.74) is -0.340. The van der Waals surface area contributed by atoms with Gasteiger partial charge in [-0.3, -0.25) is 9.59 Å². The van der Waals surface area contributed by atoms with Crippen LogP contribution >= 0.6 is 0 Å². The number of nitrogens with zero attached hydrogens (tertiary/aromatic N) is 1. The van der Waals surface area contributed by atoms with Crippen LogP contribution in [0.25, 0.3) is 0 Å². The molecule has 15 heavy (non-hydrogen) atoms. The van der Waals surface area contributed by atoms with E-state index in [1.54, 1.807) is 5.32 Å². The van der Waals surface area contributed by atoms with Crippen molar-refractivity contribution in [2.45, 2.75) is 12.7 Å². The quantitative estimate of drug-likeness (QED) is 0.735. The highest BCUT2D eigenvalue weighted by Crippen LogP contribution is 2.14. The zero-order chi connectivity index (χ0) is 11.5. The van der Waals surface area contributed by atoms with Gasteiger partial charge in [-0.25, -0.2) is 5.10 Å². The number of aromatic amines is 1. The minimum Gasteiger partial charge on any atom is -0.343 e. The zero-order valence-electron chi connectivity index (χ0n) is 7.26. The first kappa shape index (κ1) is 11.2. The third-order valence-corrected chi connectivity index (χ3v) is 1.42. The average molecular weight is 221 g/mol. The van der Waals surface area contributed by atoms with E-state index in [1.807, 2.05) is 5.10 Å². The second-order valence-corrected chi connectivity index (χ2v) is 2.59. The highest BCUT2D eigenvalue weighted by atomic mass is 19.4. The van der Waals surface area contributed by atoms with Crippen LogP contribution in [0.3, 0.4) is 0 Å². The van der Waals surface area contributed by atoms with Crippen molar-refractivity contribution in [2.24, 2.45) is 0 Å². The fourth-order valence-corrected chi connectivity index (χ4v) is 0.743. The number of nitrogens with one attached hydrogen (secondary N) is 2. The lowest BCUT2D eigenvalue weighted by Gasteiger charge is -2.06. The van der Waals surface area contributed by atoms with Gasteiger partial charge in [0.05, 0.1) is 12.2 Å². The molecule has 0 saturated carbocycles. The smallest absolute Gasteiger partial charge is 0.343 e. The summed E-state index contributed by atoms with van der Waals surface area (Å²) in [5, 5.41) is 7.05. The Kier molecular flexibility index (Phi) is 3.08. The van der Waals surface area contributed by atoms with E-state index < -0.39 is 24.2 Å². The summed E-state index contributed by atoms with van der Waals surface area (Å²) in [7, 11) is 0. The van der Waals surface area contributed by atoms with Crippen molar-refractivity contribution in [3.05, 3.63) is 28.2 Å². The Morgan fingerprint density at radius 2 is 2.13 bits per heavy atom. The highest BCUT2D eigenvalue weighted by molar-refractivity contribution is 5.81. The Bertz CT molecular complexity index is 392. The number of amides is 1. The first-order valence-electron chi connectivity index (χ1n) is 3.79. The van der Waals surface area contributed by atoms with Gasteiger partial charge in [-0.15, -0.1) is 0 Å². The normalized spacial score (nSPS) is 11.1. The van der Waals surface area contributed by atoms with Crippen molar-refractivity contribution in [2.75, 3.05) is 0 Å². The summed E-state index contributed by atoms with van der Waals surface area (Å²) in [6.45, 7) is -0.394.